The molecule has 1 N–H and O–H groups in total. The van der Waals surface area contributed by atoms with Gasteiger partial charge in [0.15, 0.2) is 0 Å². The van der Waals surface area contributed by atoms with E-state index in [1.165, 1.54) is 6.07 Å². The number of rotatable bonds is 6. The maximum absolute atomic E-state index is 13.8. The van der Waals surface area contributed by atoms with Gasteiger partial charge in [0.1, 0.15) is 23.1 Å². The molecule has 0 aliphatic carbocycles. The van der Waals surface area contributed by atoms with E-state index in [0.29, 0.717) is 12.2 Å². The summed E-state index contributed by atoms with van der Waals surface area (Å²) in [4.78, 5) is 12.0. The van der Waals surface area contributed by atoms with E-state index >= 15 is 0 Å². The van der Waals surface area contributed by atoms with E-state index < -0.39 is 5.82 Å². The topological polar surface area (TPSA) is 51.5 Å². The molecule has 0 aliphatic heterocycles. The van der Waals surface area contributed by atoms with Gasteiger partial charge < -0.3 is 14.5 Å². The summed E-state index contributed by atoms with van der Waals surface area (Å²) in [5, 5.41) is 2.59. The number of furan rings is 1. The smallest absolute Gasteiger partial charge is 0.224 e. The van der Waals surface area contributed by atoms with Gasteiger partial charge in [-0.2, -0.15) is 0 Å². The highest BCUT2D eigenvalue weighted by Crippen LogP contribution is 2.25. The van der Waals surface area contributed by atoms with Crippen LogP contribution in [0.4, 0.5) is 10.1 Å². The van der Waals surface area contributed by atoms with Crippen LogP contribution in [0, 0.1) is 12.7 Å². The van der Waals surface area contributed by atoms with Crippen LogP contribution in [0.2, 0.25) is 0 Å². The van der Waals surface area contributed by atoms with E-state index in [1.54, 1.807) is 26.2 Å². The van der Waals surface area contributed by atoms with Gasteiger partial charge in [-0.05, 0) is 61.0 Å². The molecule has 1 heterocycles. The Morgan fingerprint density at radius 3 is 2.58 bits per heavy atom. The van der Waals surface area contributed by atoms with E-state index in [2.05, 4.69) is 5.32 Å². The van der Waals surface area contributed by atoms with Crippen LogP contribution in [0.5, 0.6) is 5.75 Å². The fraction of sp³-hybridized carbons (Fsp3) is 0.190. The first-order valence-electron chi connectivity index (χ1n) is 8.34. The van der Waals surface area contributed by atoms with E-state index in [-0.39, 0.29) is 18.0 Å². The first-order chi connectivity index (χ1) is 12.5. The zero-order chi connectivity index (χ0) is 18.5. The molecule has 134 valence electrons. The van der Waals surface area contributed by atoms with Crippen molar-refractivity contribution < 1.29 is 18.3 Å². The van der Waals surface area contributed by atoms with Crippen LogP contribution in [0.25, 0.3) is 11.3 Å². The lowest BCUT2D eigenvalue weighted by Gasteiger charge is -2.06. The molecule has 0 aliphatic rings. The molecular weight excluding hydrogens is 333 g/mol. The molecule has 0 saturated heterocycles. The number of hydrogen-bond acceptors (Lipinski definition) is 3. The molecule has 0 bridgehead atoms. The van der Waals surface area contributed by atoms with Crippen LogP contribution in [0.1, 0.15) is 17.7 Å². The summed E-state index contributed by atoms with van der Waals surface area (Å²) in [7, 11) is 1.62. The van der Waals surface area contributed by atoms with Crippen molar-refractivity contribution in [2.75, 3.05) is 12.4 Å². The molecule has 0 fully saturated rings. The van der Waals surface area contributed by atoms with Crippen molar-refractivity contribution in [3.8, 4) is 17.1 Å². The number of anilines is 1. The molecule has 0 spiro atoms. The highest BCUT2D eigenvalue weighted by molar-refractivity contribution is 5.90. The number of halogens is 1. The molecule has 26 heavy (non-hydrogen) atoms. The van der Waals surface area contributed by atoms with Gasteiger partial charge in [-0.1, -0.05) is 6.07 Å². The molecule has 0 saturated carbocycles. The number of carbonyl (C=O) groups excluding carboxylic acids is 1. The molecule has 0 unspecified atom stereocenters. The average Bonchev–Trinajstić information content (AvgIpc) is 3.11. The van der Waals surface area contributed by atoms with Crippen molar-refractivity contribution in [3.05, 3.63) is 71.7 Å². The lowest BCUT2D eigenvalue weighted by molar-refractivity contribution is -0.116. The van der Waals surface area contributed by atoms with Gasteiger partial charge in [-0.25, -0.2) is 4.39 Å². The summed E-state index contributed by atoms with van der Waals surface area (Å²) in [6.07, 6.45) is 0.651. The second-order valence-corrected chi connectivity index (χ2v) is 6.03. The number of methoxy groups -OCH3 is 1. The predicted molar refractivity (Wildman–Crippen MR) is 98.8 cm³/mol. The minimum Gasteiger partial charge on any atom is -0.497 e. The SMILES string of the molecule is COc1ccc(-c2ccc(CCC(=O)Nc3ccc(C)cc3F)o2)cc1. The molecule has 1 aromatic heterocycles. The maximum Gasteiger partial charge on any atom is 0.224 e. The van der Waals surface area contributed by atoms with Gasteiger partial charge in [0.25, 0.3) is 0 Å². The summed E-state index contributed by atoms with van der Waals surface area (Å²) in [5.74, 6) is 1.52. The Bertz CT molecular complexity index is 900. The Hall–Kier alpha value is -3.08. The van der Waals surface area contributed by atoms with Crippen molar-refractivity contribution in [2.45, 2.75) is 19.8 Å². The van der Waals surface area contributed by atoms with Gasteiger partial charge in [0.2, 0.25) is 5.91 Å². The zero-order valence-corrected chi connectivity index (χ0v) is 14.7. The van der Waals surface area contributed by atoms with Gasteiger partial charge >= 0.3 is 0 Å². The molecule has 4 nitrogen and oxygen atoms in total. The highest BCUT2D eigenvalue weighted by atomic mass is 19.1. The fourth-order valence-electron chi connectivity index (χ4n) is 2.59. The Labute approximate surface area is 151 Å². The van der Waals surface area contributed by atoms with Crippen molar-refractivity contribution in [1.82, 2.24) is 0 Å². The Morgan fingerprint density at radius 1 is 1.12 bits per heavy atom. The lowest BCUT2D eigenvalue weighted by atomic mass is 10.2. The van der Waals surface area contributed by atoms with Crippen LogP contribution < -0.4 is 10.1 Å². The van der Waals surface area contributed by atoms with Gasteiger partial charge in [-0.15, -0.1) is 0 Å². The quantitative estimate of drug-likeness (QED) is 0.680. The number of ether oxygens (including phenoxy) is 1. The minimum absolute atomic E-state index is 0.193. The third kappa shape index (κ3) is 4.30. The van der Waals surface area contributed by atoms with Crippen LogP contribution in [-0.2, 0) is 11.2 Å². The maximum atomic E-state index is 13.8. The summed E-state index contributed by atoms with van der Waals surface area (Å²) in [6, 6.07) is 16.0. The van der Waals surface area contributed by atoms with E-state index in [9.17, 15) is 9.18 Å². The minimum atomic E-state index is -0.432. The fourth-order valence-corrected chi connectivity index (χ4v) is 2.59. The molecule has 3 rings (SSSR count). The number of hydrogen-bond donors (Lipinski definition) is 1. The van der Waals surface area contributed by atoms with Crippen molar-refractivity contribution in [1.29, 1.82) is 0 Å². The van der Waals surface area contributed by atoms with Crippen LogP contribution >= 0.6 is 0 Å². The largest absolute Gasteiger partial charge is 0.497 e. The molecule has 3 aromatic rings. The molecule has 0 atom stereocenters. The normalized spacial score (nSPS) is 10.6. The van der Waals surface area contributed by atoms with Crippen LogP contribution in [0.3, 0.4) is 0 Å². The molecular formula is C21H20FNO3. The standard InChI is InChI=1S/C21H20FNO3/c1-14-3-10-19(18(22)13-14)23-21(24)12-9-17-8-11-20(26-17)15-4-6-16(25-2)7-5-15/h3-8,10-11,13H,9,12H2,1-2H3,(H,23,24). The molecule has 1 amide bonds. The lowest BCUT2D eigenvalue weighted by Crippen LogP contribution is -2.13. The third-order valence-electron chi connectivity index (χ3n) is 4.03. The average molecular weight is 353 g/mol. The molecule has 5 heteroatoms. The summed E-state index contributed by atoms with van der Waals surface area (Å²) in [5.41, 5.74) is 1.93. The Kier molecular flexibility index (Phi) is 5.37. The highest BCUT2D eigenvalue weighted by Gasteiger charge is 2.10. The van der Waals surface area contributed by atoms with Crippen molar-refractivity contribution in [2.24, 2.45) is 0 Å². The zero-order valence-electron chi connectivity index (χ0n) is 14.7. The number of amides is 1. The predicted octanol–water partition coefficient (Wildman–Crippen LogP) is 4.97. The molecule has 0 radical (unpaired) electrons. The van der Waals surface area contributed by atoms with Gasteiger partial charge in [-0.3, -0.25) is 4.79 Å². The van der Waals surface area contributed by atoms with E-state index in [1.807, 2.05) is 36.4 Å². The first-order valence-corrected chi connectivity index (χ1v) is 8.34. The monoisotopic (exact) mass is 353 g/mol. The summed E-state index contributed by atoms with van der Waals surface area (Å²) in [6.45, 7) is 1.80. The molecule has 2 aromatic carbocycles. The van der Waals surface area contributed by atoms with Crippen LogP contribution in [0.15, 0.2) is 59.0 Å². The number of aryl methyl sites for hydroxylation is 2. The Balaban J connectivity index is 1.58. The van der Waals surface area contributed by atoms with Crippen LogP contribution in [-0.4, -0.2) is 13.0 Å². The van der Waals surface area contributed by atoms with E-state index in [4.69, 9.17) is 9.15 Å². The van der Waals surface area contributed by atoms with E-state index in [0.717, 1.165) is 22.6 Å². The van der Waals surface area contributed by atoms with Gasteiger partial charge in [0, 0.05) is 18.4 Å². The number of nitrogens with one attached hydrogen (secondary N) is 1. The van der Waals surface area contributed by atoms with Crippen molar-refractivity contribution >= 4 is 11.6 Å². The number of carbonyl (C=O) groups is 1. The van der Waals surface area contributed by atoms with Gasteiger partial charge in [0.05, 0.1) is 12.8 Å². The summed E-state index contributed by atoms with van der Waals surface area (Å²) < 4.78 is 24.7. The second-order valence-electron chi connectivity index (χ2n) is 6.03. The second kappa shape index (κ2) is 7.87. The Morgan fingerprint density at radius 2 is 1.88 bits per heavy atom. The third-order valence-corrected chi connectivity index (χ3v) is 4.03. The first kappa shape index (κ1) is 17.7. The number of benzene rings is 2. The summed E-state index contributed by atoms with van der Waals surface area (Å²) >= 11 is 0. The van der Waals surface area contributed by atoms with Crippen molar-refractivity contribution in [3.63, 3.8) is 0 Å².